The molecule has 2 aromatic heterocycles. The summed E-state index contributed by atoms with van der Waals surface area (Å²) in [6.45, 7) is 4.28. The zero-order chi connectivity index (χ0) is 24.5. The number of benzene rings is 1. The molecule has 1 amide bonds. The van der Waals surface area contributed by atoms with Crippen LogP contribution in [0.15, 0.2) is 48.7 Å². The Bertz CT molecular complexity index is 1220. The van der Waals surface area contributed by atoms with Crippen molar-refractivity contribution in [3.63, 3.8) is 0 Å². The first-order chi connectivity index (χ1) is 17.6. The van der Waals surface area contributed by atoms with E-state index in [1.807, 2.05) is 35.4 Å². The SMILES string of the molecule is O=C1[C@@H](O)CCN1C1CCN(Cc2ccc3cc(Oc4ccc(C5CCNN5)cn4)ccc3n2)CC1. The highest BCUT2D eigenvalue weighted by Gasteiger charge is 2.36. The van der Waals surface area contributed by atoms with Crippen molar-refractivity contribution in [2.24, 2.45) is 0 Å². The van der Waals surface area contributed by atoms with Crippen molar-refractivity contribution in [2.45, 2.75) is 50.4 Å². The maximum absolute atomic E-state index is 12.1. The molecule has 3 aromatic rings. The first-order valence-electron chi connectivity index (χ1n) is 12.9. The maximum atomic E-state index is 12.1. The monoisotopic (exact) mass is 488 g/mol. The summed E-state index contributed by atoms with van der Waals surface area (Å²) >= 11 is 0. The molecule has 1 aromatic carbocycles. The number of fused-ring (bicyclic) bond motifs is 1. The summed E-state index contributed by atoms with van der Waals surface area (Å²) in [5, 5.41) is 10.8. The topological polar surface area (TPSA) is 103 Å². The molecule has 3 aliphatic heterocycles. The number of aliphatic hydroxyl groups is 1. The van der Waals surface area contributed by atoms with E-state index in [9.17, 15) is 9.90 Å². The largest absolute Gasteiger partial charge is 0.439 e. The van der Waals surface area contributed by atoms with Crippen LogP contribution in [0.25, 0.3) is 10.9 Å². The number of hydrazine groups is 1. The van der Waals surface area contributed by atoms with Crippen LogP contribution in [-0.4, -0.2) is 69.1 Å². The Morgan fingerprint density at radius 2 is 1.92 bits per heavy atom. The molecule has 6 rings (SSSR count). The van der Waals surface area contributed by atoms with E-state index in [2.05, 4.69) is 38.9 Å². The highest BCUT2D eigenvalue weighted by atomic mass is 16.5. The second-order valence-corrected chi connectivity index (χ2v) is 9.94. The third kappa shape index (κ3) is 4.92. The normalized spacial score (nSPS) is 23.6. The van der Waals surface area contributed by atoms with Crippen molar-refractivity contribution in [3.8, 4) is 11.6 Å². The van der Waals surface area contributed by atoms with Gasteiger partial charge in [-0.3, -0.25) is 25.5 Å². The maximum Gasteiger partial charge on any atom is 0.251 e. The smallest absolute Gasteiger partial charge is 0.251 e. The Morgan fingerprint density at radius 1 is 1.03 bits per heavy atom. The lowest BCUT2D eigenvalue weighted by molar-refractivity contribution is -0.137. The summed E-state index contributed by atoms with van der Waals surface area (Å²) in [6.07, 6.45) is 4.55. The second-order valence-electron chi connectivity index (χ2n) is 9.94. The van der Waals surface area contributed by atoms with Gasteiger partial charge in [-0.2, -0.15) is 0 Å². The number of piperidine rings is 1. The first kappa shape index (κ1) is 23.3. The summed E-state index contributed by atoms with van der Waals surface area (Å²) < 4.78 is 6.00. The van der Waals surface area contributed by atoms with E-state index < -0.39 is 6.10 Å². The Morgan fingerprint density at radius 3 is 2.64 bits per heavy atom. The van der Waals surface area contributed by atoms with Crippen molar-refractivity contribution in [2.75, 3.05) is 26.2 Å². The van der Waals surface area contributed by atoms with Crippen LogP contribution in [0.5, 0.6) is 11.6 Å². The molecule has 9 heteroatoms. The molecule has 5 heterocycles. The van der Waals surface area contributed by atoms with Gasteiger partial charge in [0.15, 0.2) is 0 Å². The number of pyridine rings is 2. The first-order valence-corrected chi connectivity index (χ1v) is 12.9. The van der Waals surface area contributed by atoms with Crippen LogP contribution in [0.1, 0.15) is 43.0 Å². The van der Waals surface area contributed by atoms with E-state index in [-0.39, 0.29) is 11.9 Å². The fourth-order valence-electron chi connectivity index (χ4n) is 5.48. The van der Waals surface area contributed by atoms with Gasteiger partial charge >= 0.3 is 0 Å². The number of carbonyl (C=O) groups is 1. The Balaban J connectivity index is 1.05. The number of ether oxygens (including phenoxy) is 1. The molecule has 0 radical (unpaired) electrons. The van der Waals surface area contributed by atoms with Crippen LogP contribution in [-0.2, 0) is 11.3 Å². The number of likely N-dealkylation sites (tertiary alicyclic amines) is 2. The van der Waals surface area contributed by atoms with Gasteiger partial charge in [0.1, 0.15) is 11.9 Å². The number of hydrogen-bond acceptors (Lipinski definition) is 8. The lowest BCUT2D eigenvalue weighted by atomic mass is 10.0. The minimum Gasteiger partial charge on any atom is -0.439 e. The van der Waals surface area contributed by atoms with Crippen molar-refractivity contribution in [1.82, 2.24) is 30.6 Å². The summed E-state index contributed by atoms with van der Waals surface area (Å²) in [7, 11) is 0. The van der Waals surface area contributed by atoms with Crippen molar-refractivity contribution < 1.29 is 14.6 Å². The number of hydrogen-bond donors (Lipinski definition) is 3. The molecule has 0 bridgehead atoms. The molecule has 36 heavy (non-hydrogen) atoms. The van der Waals surface area contributed by atoms with E-state index >= 15 is 0 Å². The molecule has 0 spiro atoms. The highest BCUT2D eigenvalue weighted by molar-refractivity contribution is 5.83. The van der Waals surface area contributed by atoms with E-state index in [0.29, 0.717) is 24.9 Å². The number of nitrogens with zero attached hydrogens (tertiary/aromatic N) is 4. The van der Waals surface area contributed by atoms with Gasteiger partial charge in [0, 0.05) is 62.5 Å². The van der Waals surface area contributed by atoms with E-state index in [1.54, 1.807) is 0 Å². The van der Waals surface area contributed by atoms with Crippen LogP contribution < -0.4 is 15.6 Å². The van der Waals surface area contributed by atoms with Gasteiger partial charge in [-0.1, -0.05) is 12.1 Å². The number of carbonyl (C=O) groups excluding carboxylic acids is 1. The minimum absolute atomic E-state index is 0.0975. The number of amides is 1. The lowest BCUT2D eigenvalue weighted by Gasteiger charge is -2.36. The Labute approximate surface area is 210 Å². The third-order valence-electron chi connectivity index (χ3n) is 7.53. The predicted octanol–water partition coefficient (Wildman–Crippen LogP) is 2.52. The lowest BCUT2D eigenvalue weighted by Crippen LogP contribution is -2.46. The van der Waals surface area contributed by atoms with E-state index in [1.165, 1.54) is 0 Å². The van der Waals surface area contributed by atoms with Crippen molar-refractivity contribution >= 4 is 16.8 Å². The molecule has 3 saturated heterocycles. The van der Waals surface area contributed by atoms with Crippen LogP contribution in [0, 0.1) is 0 Å². The molecular weight excluding hydrogens is 456 g/mol. The fourth-order valence-corrected chi connectivity index (χ4v) is 5.48. The number of aromatic nitrogens is 2. The molecule has 3 fully saturated rings. The average molecular weight is 489 g/mol. The summed E-state index contributed by atoms with van der Waals surface area (Å²) in [5.41, 5.74) is 9.52. The third-order valence-corrected chi connectivity index (χ3v) is 7.53. The fraction of sp³-hybridized carbons (Fsp3) is 0.444. The molecule has 2 atom stereocenters. The summed E-state index contributed by atoms with van der Waals surface area (Å²) in [5.74, 6) is 1.21. The molecule has 3 N–H and O–H groups in total. The van der Waals surface area contributed by atoms with Gasteiger partial charge < -0.3 is 14.7 Å². The molecule has 3 aliphatic rings. The molecule has 0 saturated carbocycles. The summed E-state index contributed by atoms with van der Waals surface area (Å²) in [6, 6.07) is 14.6. The van der Waals surface area contributed by atoms with Gasteiger partial charge in [0.25, 0.3) is 5.91 Å². The van der Waals surface area contributed by atoms with Gasteiger partial charge in [0.05, 0.1) is 11.2 Å². The Hall–Kier alpha value is -3.11. The van der Waals surface area contributed by atoms with E-state index in [0.717, 1.165) is 73.4 Å². The summed E-state index contributed by atoms with van der Waals surface area (Å²) in [4.78, 5) is 25.7. The molecule has 1 unspecified atom stereocenters. The molecule has 188 valence electrons. The highest BCUT2D eigenvalue weighted by Crippen LogP contribution is 2.27. The second kappa shape index (κ2) is 10.1. The van der Waals surface area contributed by atoms with Crippen LogP contribution in [0.3, 0.4) is 0 Å². The molecule has 0 aliphatic carbocycles. The van der Waals surface area contributed by atoms with Crippen molar-refractivity contribution in [3.05, 3.63) is 59.9 Å². The average Bonchev–Trinajstić information content (AvgIpc) is 3.56. The number of rotatable bonds is 6. The van der Waals surface area contributed by atoms with Crippen LogP contribution in [0.2, 0.25) is 0 Å². The zero-order valence-corrected chi connectivity index (χ0v) is 20.3. The zero-order valence-electron chi connectivity index (χ0n) is 20.3. The van der Waals surface area contributed by atoms with Gasteiger partial charge in [-0.05, 0) is 55.5 Å². The van der Waals surface area contributed by atoms with Gasteiger partial charge in [-0.25, -0.2) is 4.98 Å². The van der Waals surface area contributed by atoms with Gasteiger partial charge in [-0.15, -0.1) is 0 Å². The molecular formula is C27H32N6O3. The Kier molecular flexibility index (Phi) is 6.54. The van der Waals surface area contributed by atoms with Crippen LogP contribution in [0.4, 0.5) is 0 Å². The predicted molar refractivity (Wildman–Crippen MR) is 135 cm³/mol. The van der Waals surface area contributed by atoms with Crippen LogP contribution >= 0.6 is 0 Å². The van der Waals surface area contributed by atoms with Crippen molar-refractivity contribution in [1.29, 1.82) is 0 Å². The minimum atomic E-state index is -0.801. The van der Waals surface area contributed by atoms with E-state index in [4.69, 9.17) is 9.72 Å². The standard InChI is InChI=1S/C27H32N6O3/c34-25-10-14-33(27(25)35)21-8-12-32(13-9-21)17-20-3-1-18-15-22(4-5-23(18)30-20)36-26-6-2-19(16-28-26)24-7-11-29-31-24/h1-6,15-16,21,24-25,29,31,34H,7-14,17H2/t24?,25-/m0/s1. The number of nitrogens with one attached hydrogen (secondary N) is 2. The number of aliphatic hydroxyl groups excluding tert-OH is 1. The molecule has 9 nitrogen and oxygen atoms in total. The quantitative estimate of drug-likeness (QED) is 0.487. The van der Waals surface area contributed by atoms with Gasteiger partial charge in [0.2, 0.25) is 5.88 Å².